The summed E-state index contributed by atoms with van der Waals surface area (Å²) >= 11 is 0. The molecule has 0 aliphatic carbocycles. The molecule has 0 heterocycles. The standard InChI is InChI=1S/CHF3O2S.Zn/c2-1(3,4)7(5)6;/h7H;. The van der Waals surface area contributed by atoms with Crippen molar-refractivity contribution in [3.8, 4) is 0 Å². The molecule has 2 nitrogen and oxygen atoms in total. The first-order valence-corrected chi connectivity index (χ1v) is 2.33. The monoisotopic (exact) mass is 198 g/mol. The van der Waals surface area contributed by atoms with Crippen LogP contribution in [0.5, 0.6) is 0 Å². The molecule has 0 fully saturated rings. The van der Waals surface area contributed by atoms with Gasteiger partial charge < -0.3 is 0 Å². The molecule has 0 aromatic rings. The third-order valence-electron chi connectivity index (χ3n) is 0.207. The fourth-order valence-corrected chi connectivity index (χ4v) is 0. The van der Waals surface area contributed by atoms with Gasteiger partial charge in [-0.3, -0.25) is 0 Å². The predicted molar refractivity (Wildman–Crippen MR) is 16.4 cm³/mol. The summed E-state index contributed by atoms with van der Waals surface area (Å²) in [6, 6.07) is 0. The van der Waals surface area contributed by atoms with Crippen LogP contribution in [0.2, 0.25) is 0 Å². The summed E-state index contributed by atoms with van der Waals surface area (Å²) in [4.78, 5) is 0. The Morgan fingerprint density at radius 2 is 1.25 bits per heavy atom. The van der Waals surface area contributed by atoms with Crippen molar-refractivity contribution in [2.24, 2.45) is 0 Å². The molecule has 7 heteroatoms. The largest absolute Gasteiger partial charge is 0.494 e. The summed E-state index contributed by atoms with van der Waals surface area (Å²) in [5, 5.41) is 0. The van der Waals surface area contributed by atoms with Gasteiger partial charge in [-0.05, 0) is 0 Å². The topological polar surface area (TPSA) is 34.1 Å². The number of thiol groups is 1. The Hall–Kier alpha value is 0.363. The Bertz CT molecular complexity index is 118. The zero-order valence-corrected chi connectivity index (χ0v) is 7.47. The van der Waals surface area contributed by atoms with Crippen molar-refractivity contribution in [3.05, 3.63) is 0 Å². The molecule has 46 valence electrons. The van der Waals surface area contributed by atoms with Crippen LogP contribution in [0, 0.1) is 0 Å². The third-order valence-corrected chi connectivity index (χ3v) is 0.621. The fraction of sp³-hybridized carbons (Fsp3) is 1.00. The smallest absolute Gasteiger partial charge is 0.223 e. The van der Waals surface area contributed by atoms with E-state index in [9.17, 15) is 13.2 Å². The number of hydrogen-bond acceptors (Lipinski definition) is 2. The molecule has 0 unspecified atom stereocenters. The van der Waals surface area contributed by atoms with Gasteiger partial charge in [-0.25, -0.2) is 8.42 Å². The van der Waals surface area contributed by atoms with Crippen LogP contribution < -0.4 is 0 Å². The van der Waals surface area contributed by atoms with Crippen molar-refractivity contribution in [3.63, 3.8) is 0 Å². The molecular formula is CHF3O2SZn. The zero-order valence-electron chi connectivity index (χ0n) is 3.60. The maximum Gasteiger partial charge on any atom is 0.494 e. The van der Waals surface area contributed by atoms with Crippen molar-refractivity contribution < 1.29 is 41.1 Å². The molecule has 0 aromatic heterocycles. The zero-order chi connectivity index (χ0) is 6.08. The normalized spacial score (nSPS) is 11.0. The molecule has 0 spiro atoms. The van der Waals surface area contributed by atoms with Gasteiger partial charge >= 0.3 is 5.51 Å². The van der Waals surface area contributed by atoms with Crippen LogP contribution >= 0.6 is 0 Å². The van der Waals surface area contributed by atoms with E-state index in [1.54, 1.807) is 0 Å². The first kappa shape index (κ1) is 11.2. The summed E-state index contributed by atoms with van der Waals surface area (Å²) < 4.78 is 49.6. The molecule has 0 atom stereocenters. The van der Waals surface area contributed by atoms with Crippen LogP contribution in [0.4, 0.5) is 13.2 Å². The minimum absolute atomic E-state index is 0. The molecule has 0 saturated carbocycles. The summed E-state index contributed by atoms with van der Waals surface area (Å²) in [6.45, 7) is 0. The quantitative estimate of drug-likeness (QED) is 0.444. The van der Waals surface area contributed by atoms with E-state index in [2.05, 4.69) is 0 Å². The maximum absolute atomic E-state index is 10.6. The van der Waals surface area contributed by atoms with Gasteiger partial charge in [-0.1, -0.05) is 0 Å². The van der Waals surface area contributed by atoms with E-state index in [1.807, 2.05) is 0 Å². The van der Waals surface area contributed by atoms with Gasteiger partial charge in [0.05, 0.1) is 0 Å². The van der Waals surface area contributed by atoms with Crippen molar-refractivity contribution in [2.45, 2.75) is 5.51 Å². The Kier molecular flexibility index (Phi) is 4.76. The number of rotatable bonds is 0. The van der Waals surface area contributed by atoms with Crippen molar-refractivity contribution in [1.29, 1.82) is 0 Å². The van der Waals surface area contributed by atoms with Crippen molar-refractivity contribution in [2.75, 3.05) is 0 Å². The van der Waals surface area contributed by atoms with Crippen molar-refractivity contribution in [1.82, 2.24) is 0 Å². The maximum atomic E-state index is 10.6. The second kappa shape index (κ2) is 3.40. The Labute approximate surface area is 57.8 Å². The van der Waals surface area contributed by atoms with E-state index >= 15 is 0 Å². The van der Waals surface area contributed by atoms with Gasteiger partial charge in [0.2, 0.25) is 10.7 Å². The van der Waals surface area contributed by atoms with Crippen LogP contribution in [0.25, 0.3) is 0 Å². The van der Waals surface area contributed by atoms with Gasteiger partial charge in [0.15, 0.2) is 0 Å². The van der Waals surface area contributed by atoms with Crippen LogP contribution in [-0.2, 0) is 30.2 Å². The summed E-state index contributed by atoms with van der Waals surface area (Å²) in [7, 11) is -4.24. The number of hydrogen-bond donors (Lipinski definition) is 1. The van der Waals surface area contributed by atoms with Crippen molar-refractivity contribution >= 4 is 10.7 Å². The van der Waals surface area contributed by atoms with E-state index in [4.69, 9.17) is 8.42 Å². The number of alkyl halides is 3. The molecule has 0 bridgehead atoms. The predicted octanol–water partition coefficient (Wildman–Crippen LogP) is 0.115. The van der Waals surface area contributed by atoms with Crippen LogP contribution in [0.1, 0.15) is 0 Å². The van der Waals surface area contributed by atoms with Gasteiger partial charge in [-0.2, -0.15) is 13.2 Å². The molecule has 8 heavy (non-hydrogen) atoms. The fourth-order valence-electron chi connectivity index (χ4n) is 0. The summed E-state index contributed by atoms with van der Waals surface area (Å²) in [5.74, 6) is 0. The molecule has 0 aliphatic rings. The number of halogens is 3. The first-order valence-electron chi connectivity index (χ1n) is 1.16. The van der Waals surface area contributed by atoms with Gasteiger partial charge in [0, 0.05) is 19.5 Å². The van der Waals surface area contributed by atoms with E-state index in [-0.39, 0.29) is 19.5 Å². The molecule has 0 amide bonds. The Balaban J connectivity index is 0. The van der Waals surface area contributed by atoms with E-state index < -0.39 is 16.2 Å². The second-order valence-corrected chi connectivity index (χ2v) is 1.75. The Morgan fingerprint density at radius 1 is 1.12 bits per heavy atom. The van der Waals surface area contributed by atoms with E-state index in [0.29, 0.717) is 0 Å². The summed E-state index contributed by atoms with van der Waals surface area (Å²) in [6.07, 6.45) is 0. The van der Waals surface area contributed by atoms with E-state index in [1.165, 1.54) is 0 Å². The third kappa shape index (κ3) is 4.52. The molecule has 0 N–H and O–H groups in total. The Morgan fingerprint density at radius 3 is 1.25 bits per heavy atom. The molecule has 0 radical (unpaired) electrons. The van der Waals surface area contributed by atoms with E-state index in [0.717, 1.165) is 0 Å². The summed E-state index contributed by atoms with van der Waals surface area (Å²) in [5.41, 5.74) is -5.05. The van der Waals surface area contributed by atoms with Gasteiger partial charge in [-0.15, -0.1) is 0 Å². The molecule has 0 aliphatic heterocycles. The molecule has 0 saturated heterocycles. The average molecular weight is 199 g/mol. The van der Waals surface area contributed by atoms with Crippen LogP contribution in [0.15, 0.2) is 0 Å². The molecule has 0 aromatic carbocycles. The molecule has 0 rings (SSSR count). The molecular weight excluding hydrogens is 198 g/mol. The minimum atomic E-state index is -5.05. The average Bonchev–Trinajstić information content (AvgIpc) is 1.31. The second-order valence-electron chi connectivity index (χ2n) is 0.725. The first-order chi connectivity index (χ1) is 2.94. The minimum Gasteiger partial charge on any atom is -0.223 e. The van der Waals surface area contributed by atoms with Crippen LogP contribution in [0.3, 0.4) is 0 Å². The van der Waals surface area contributed by atoms with Gasteiger partial charge in [0.25, 0.3) is 0 Å². The van der Waals surface area contributed by atoms with Gasteiger partial charge in [0.1, 0.15) is 0 Å². The SMILES string of the molecule is O=[SH](=O)C(F)(F)F.[Zn]. The van der Waals surface area contributed by atoms with Crippen LogP contribution in [-0.4, -0.2) is 13.9 Å².